The van der Waals surface area contributed by atoms with E-state index in [9.17, 15) is 19.2 Å². The second kappa shape index (κ2) is 11.6. The van der Waals surface area contributed by atoms with Crippen molar-refractivity contribution < 1.29 is 29.4 Å². The van der Waals surface area contributed by atoms with Gasteiger partial charge in [-0.1, -0.05) is 0 Å². The van der Waals surface area contributed by atoms with Gasteiger partial charge in [-0.3, -0.25) is 19.4 Å². The summed E-state index contributed by atoms with van der Waals surface area (Å²) in [6.07, 6.45) is 0.180. The third kappa shape index (κ3) is 10.5. The largest absolute Gasteiger partial charge is 0.481 e. The number of aliphatic carboxylic acids is 2. The van der Waals surface area contributed by atoms with Crippen LogP contribution in [-0.2, 0) is 19.2 Å². The van der Waals surface area contributed by atoms with Crippen LogP contribution in [0.25, 0.3) is 0 Å². The first-order valence-electron chi connectivity index (χ1n) is 7.41. The fourth-order valence-corrected chi connectivity index (χ4v) is 1.82. The van der Waals surface area contributed by atoms with Crippen LogP contribution in [0.2, 0.25) is 0 Å². The minimum absolute atomic E-state index is 0.0449. The molecule has 142 valence electrons. The number of nitrogens with zero attached hydrogens (tertiary/aromatic N) is 1. The van der Waals surface area contributed by atoms with E-state index in [1.807, 2.05) is 5.32 Å². The maximum atomic E-state index is 12.0. The summed E-state index contributed by atoms with van der Waals surface area (Å²) in [6.45, 7) is -0.127. The highest BCUT2D eigenvalue weighted by molar-refractivity contribution is 5.90. The van der Waals surface area contributed by atoms with Crippen molar-refractivity contribution in [2.45, 2.75) is 31.3 Å². The van der Waals surface area contributed by atoms with Crippen molar-refractivity contribution in [3.8, 4) is 0 Å². The van der Waals surface area contributed by atoms with Gasteiger partial charge in [-0.25, -0.2) is 4.79 Å². The first kappa shape index (κ1) is 22.1. The normalized spacial score (nSPS) is 12.5. The molecule has 0 aromatic carbocycles. The number of hydrogen-bond acceptors (Lipinski definition) is 6. The standard InChI is InChI=1S/C13H24N6O6/c1-16-7(3-2-4-17-13(14)15)11(23)18-6-9(20)19-8(12(24)25)5-10(21)22/h7-8,16H,2-6H2,1H3,(H,18,23)(H,19,20)(H,21,22)(H,24,25)(H4,14,15,17). The lowest BCUT2D eigenvalue weighted by molar-refractivity contribution is -0.147. The Morgan fingerprint density at radius 3 is 2.24 bits per heavy atom. The topological polar surface area (TPSA) is 209 Å². The van der Waals surface area contributed by atoms with Crippen LogP contribution in [0.1, 0.15) is 19.3 Å². The van der Waals surface area contributed by atoms with Crippen molar-refractivity contribution >= 4 is 29.7 Å². The van der Waals surface area contributed by atoms with Gasteiger partial charge in [-0.05, 0) is 19.9 Å². The molecule has 0 bridgehead atoms. The van der Waals surface area contributed by atoms with Crippen molar-refractivity contribution in [3.63, 3.8) is 0 Å². The van der Waals surface area contributed by atoms with Gasteiger partial charge in [0.1, 0.15) is 6.04 Å². The highest BCUT2D eigenvalue weighted by Crippen LogP contribution is 1.98. The first-order valence-corrected chi connectivity index (χ1v) is 7.41. The maximum absolute atomic E-state index is 12.0. The van der Waals surface area contributed by atoms with Crippen molar-refractivity contribution in [1.29, 1.82) is 0 Å². The molecular formula is C13H24N6O6. The molecule has 12 heteroatoms. The van der Waals surface area contributed by atoms with E-state index >= 15 is 0 Å². The number of rotatable bonds is 12. The molecule has 0 aliphatic heterocycles. The molecule has 2 amide bonds. The smallest absolute Gasteiger partial charge is 0.326 e. The van der Waals surface area contributed by atoms with Crippen molar-refractivity contribution in [3.05, 3.63) is 0 Å². The molecule has 0 saturated carbocycles. The molecule has 0 heterocycles. The van der Waals surface area contributed by atoms with Crippen LogP contribution in [0.3, 0.4) is 0 Å². The van der Waals surface area contributed by atoms with Gasteiger partial charge in [0, 0.05) is 6.54 Å². The molecular weight excluding hydrogens is 336 g/mol. The number of guanidine groups is 1. The lowest BCUT2D eigenvalue weighted by Crippen LogP contribution is -2.49. The summed E-state index contributed by atoms with van der Waals surface area (Å²) in [5.74, 6) is -4.16. The van der Waals surface area contributed by atoms with Crippen LogP contribution in [0.15, 0.2) is 4.99 Å². The van der Waals surface area contributed by atoms with Crippen LogP contribution >= 0.6 is 0 Å². The number of amides is 2. The molecule has 0 rings (SSSR count). The molecule has 0 saturated heterocycles. The van der Waals surface area contributed by atoms with Crippen LogP contribution < -0.4 is 27.4 Å². The second-order valence-corrected chi connectivity index (χ2v) is 5.06. The van der Waals surface area contributed by atoms with Crippen LogP contribution in [-0.4, -0.2) is 72.1 Å². The van der Waals surface area contributed by atoms with Gasteiger partial charge >= 0.3 is 11.9 Å². The monoisotopic (exact) mass is 360 g/mol. The molecule has 12 nitrogen and oxygen atoms in total. The number of carbonyl (C=O) groups is 4. The lowest BCUT2D eigenvalue weighted by atomic mass is 10.1. The van der Waals surface area contributed by atoms with Gasteiger partial charge in [-0.2, -0.15) is 0 Å². The highest BCUT2D eigenvalue weighted by atomic mass is 16.4. The zero-order valence-electron chi connectivity index (χ0n) is 13.8. The van der Waals surface area contributed by atoms with E-state index in [0.717, 1.165) is 0 Å². The minimum Gasteiger partial charge on any atom is -0.481 e. The molecule has 2 unspecified atom stereocenters. The van der Waals surface area contributed by atoms with E-state index in [0.29, 0.717) is 19.4 Å². The predicted octanol–water partition coefficient (Wildman–Crippen LogP) is -3.21. The zero-order valence-corrected chi connectivity index (χ0v) is 13.8. The summed E-state index contributed by atoms with van der Waals surface area (Å²) >= 11 is 0. The van der Waals surface area contributed by atoms with Gasteiger partial charge in [0.2, 0.25) is 11.8 Å². The maximum Gasteiger partial charge on any atom is 0.326 e. The Hall–Kier alpha value is -2.89. The third-order valence-electron chi connectivity index (χ3n) is 3.05. The molecule has 0 aromatic rings. The molecule has 25 heavy (non-hydrogen) atoms. The van der Waals surface area contributed by atoms with Crippen molar-refractivity contribution in [2.24, 2.45) is 16.5 Å². The van der Waals surface area contributed by atoms with Gasteiger partial charge in [-0.15, -0.1) is 0 Å². The molecule has 0 radical (unpaired) electrons. The predicted molar refractivity (Wildman–Crippen MR) is 87.6 cm³/mol. The van der Waals surface area contributed by atoms with Crippen molar-refractivity contribution in [1.82, 2.24) is 16.0 Å². The number of aliphatic imine (C=N–C) groups is 1. The average molecular weight is 360 g/mol. The van der Waals surface area contributed by atoms with E-state index in [-0.39, 0.29) is 5.96 Å². The summed E-state index contributed by atoms with van der Waals surface area (Å²) in [5.41, 5.74) is 10.4. The number of carboxylic acid groups (broad SMARTS) is 2. The average Bonchev–Trinajstić information content (AvgIpc) is 2.51. The number of carbonyl (C=O) groups excluding carboxylic acids is 2. The zero-order chi connectivity index (χ0) is 19.4. The Balaban J connectivity index is 4.35. The Morgan fingerprint density at radius 2 is 1.76 bits per heavy atom. The summed E-state index contributed by atoms with van der Waals surface area (Å²) in [6, 6.07) is -2.15. The summed E-state index contributed by atoms with van der Waals surface area (Å²) < 4.78 is 0. The summed E-state index contributed by atoms with van der Waals surface area (Å²) in [5, 5.41) is 24.6. The van der Waals surface area contributed by atoms with Crippen molar-refractivity contribution in [2.75, 3.05) is 20.1 Å². The van der Waals surface area contributed by atoms with Crippen LogP contribution in [0, 0.1) is 0 Å². The molecule has 0 aliphatic carbocycles. The van der Waals surface area contributed by atoms with Gasteiger partial charge in [0.05, 0.1) is 19.0 Å². The Kier molecular flexibility index (Phi) is 10.3. The number of nitrogens with two attached hydrogens (primary N) is 2. The molecule has 9 N–H and O–H groups in total. The lowest BCUT2D eigenvalue weighted by Gasteiger charge is -2.16. The Bertz CT molecular complexity index is 519. The fraction of sp³-hybridized carbons (Fsp3) is 0.615. The Morgan fingerprint density at radius 1 is 1.12 bits per heavy atom. The number of carboxylic acids is 2. The first-order chi connectivity index (χ1) is 11.7. The van der Waals surface area contributed by atoms with E-state index in [1.165, 1.54) is 0 Å². The molecule has 0 spiro atoms. The summed E-state index contributed by atoms with van der Waals surface area (Å²) in [7, 11) is 1.57. The van der Waals surface area contributed by atoms with Gasteiger partial charge < -0.3 is 37.6 Å². The number of nitrogens with one attached hydrogen (secondary N) is 3. The second-order valence-electron chi connectivity index (χ2n) is 5.06. The third-order valence-corrected chi connectivity index (χ3v) is 3.05. The van der Waals surface area contributed by atoms with E-state index in [1.54, 1.807) is 7.05 Å². The quantitative estimate of drug-likeness (QED) is 0.106. The molecule has 0 aromatic heterocycles. The number of hydrogen-bond donors (Lipinski definition) is 7. The molecule has 0 fully saturated rings. The van der Waals surface area contributed by atoms with Gasteiger partial charge in [0.25, 0.3) is 0 Å². The molecule has 0 aliphatic rings. The molecule has 2 atom stereocenters. The fourth-order valence-electron chi connectivity index (χ4n) is 1.82. The van der Waals surface area contributed by atoms with Gasteiger partial charge in [0.15, 0.2) is 5.96 Å². The number of likely N-dealkylation sites (N-methyl/N-ethyl adjacent to an activating group) is 1. The van der Waals surface area contributed by atoms with Crippen LogP contribution in [0.4, 0.5) is 0 Å². The van der Waals surface area contributed by atoms with Crippen LogP contribution in [0.5, 0.6) is 0 Å². The highest BCUT2D eigenvalue weighted by Gasteiger charge is 2.23. The SMILES string of the molecule is CNC(CCCN=C(N)N)C(=O)NCC(=O)NC(CC(=O)O)C(=O)O. The minimum atomic E-state index is -1.57. The van der Waals surface area contributed by atoms with E-state index in [4.69, 9.17) is 21.7 Å². The van der Waals surface area contributed by atoms with E-state index in [2.05, 4.69) is 15.6 Å². The summed E-state index contributed by atoms with van der Waals surface area (Å²) in [4.78, 5) is 48.8. The Labute approximate surface area is 144 Å². The van der Waals surface area contributed by atoms with E-state index < -0.39 is 48.8 Å².